The van der Waals surface area contributed by atoms with Gasteiger partial charge >= 0.3 is 5.97 Å². The summed E-state index contributed by atoms with van der Waals surface area (Å²) in [5.74, 6) is -0.905. The summed E-state index contributed by atoms with van der Waals surface area (Å²) in [5, 5.41) is 18.5. The number of benzene rings is 1. The molecule has 0 fully saturated rings. The summed E-state index contributed by atoms with van der Waals surface area (Å²) in [5.41, 5.74) is 1.93. The molecule has 17 heavy (non-hydrogen) atoms. The number of carboxylic acids is 1. The molecule has 0 saturated heterocycles. The van der Waals surface area contributed by atoms with Crippen molar-refractivity contribution in [2.75, 3.05) is 11.4 Å². The van der Waals surface area contributed by atoms with Crippen LogP contribution in [-0.2, 0) is 4.79 Å². The Morgan fingerprint density at radius 1 is 1.29 bits per heavy atom. The zero-order chi connectivity index (χ0) is 13.0. The highest BCUT2D eigenvalue weighted by Crippen LogP contribution is 2.19. The number of nitrogens with zero attached hydrogens (tertiary/aromatic N) is 1. The second kappa shape index (κ2) is 5.68. The monoisotopic (exact) mass is 237 g/mol. The van der Waals surface area contributed by atoms with Crippen LogP contribution in [0, 0.1) is 6.92 Å². The topological polar surface area (TPSA) is 60.8 Å². The van der Waals surface area contributed by atoms with Gasteiger partial charge in [-0.1, -0.05) is 17.7 Å². The molecule has 0 spiro atoms. The Morgan fingerprint density at radius 3 is 2.24 bits per heavy atom. The van der Waals surface area contributed by atoms with Gasteiger partial charge in [-0.05, 0) is 32.9 Å². The third-order valence-corrected chi connectivity index (χ3v) is 2.86. The lowest BCUT2D eigenvalue weighted by atomic mass is 10.1. The normalized spacial score (nSPS) is 14.1. The molecule has 0 aliphatic rings. The van der Waals surface area contributed by atoms with Crippen LogP contribution in [-0.4, -0.2) is 34.9 Å². The van der Waals surface area contributed by atoms with E-state index in [1.54, 1.807) is 11.8 Å². The van der Waals surface area contributed by atoms with E-state index in [0.717, 1.165) is 11.3 Å². The van der Waals surface area contributed by atoms with Crippen molar-refractivity contribution in [3.63, 3.8) is 0 Å². The predicted octanol–water partition coefficient (Wildman–Crippen LogP) is 1.66. The first kappa shape index (κ1) is 13.5. The van der Waals surface area contributed by atoms with E-state index in [1.165, 1.54) is 0 Å². The van der Waals surface area contributed by atoms with Crippen LogP contribution in [0.2, 0.25) is 0 Å². The Morgan fingerprint density at radius 2 is 1.82 bits per heavy atom. The fourth-order valence-corrected chi connectivity index (χ4v) is 1.61. The SMILES string of the molecule is Cc1ccc(N(CC(=O)O)C(C)C(C)O)cc1. The van der Waals surface area contributed by atoms with Crippen LogP contribution >= 0.6 is 0 Å². The molecule has 0 bridgehead atoms. The Hall–Kier alpha value is -1.55. The van der Waals surface area contributed by atoms with Crippen LogP contribution in [0.25, 0.3) is 0 Å². The zero-order valence-corrected chi connectivity index (χ0v) is 10.4. The first-order valence-electron chi connectivity index (χ1n) is 5.65. The van der Waals surface area contributed by atoms with Crippen molar-refractivity contribution in [1.29, 1.82) is 0 Å². The van der Waals surface area contributed by atoms with Gasteiger partial charge < -0.3 is 15.1 Å². The van der Waals surface area contributed by atoms with Crippen molar-refractivity contribution in [2.45, 2.75) is 32.9 Å². The Labute approximate surface area is 101 Å². The summed E-state index contributed by atoms with van der Waals surface area (Å²) < 4.78 is 0. The zero-order valence-electron chi connectivity index (χ0n) is 10.4. The molecule has 0 aliphatic carbocycles. The number of rotatable bonds is 5. The number of carbonyl (C=O) groups is 1. The number of anilines is 1. The van der Waals surface area contributed by atoms with E-state index in [0.29, 0.717) is 0 Å². The molecular weight excluding hydrogens is 218 g/mol. The highest BCUT2D eigenvalue weighted by Gasteiger charge is 2.21. The van der Waals surface area contributed by atoms with E-state index in [-0.39, 0.29) is 12.6 Å². The lowest BCUT2D eigenvalue weighted by molar-refractivity contribution is -0.135. The van der Waals surface area contributed by atoms with Gasteiger partial charge in [-0.2, -0.15) is 0 Å². The second-order valence-corrected chi connectivity index (χ2v) is 4.34. The van der Waals surface area contributed by atoms with Gasteiger partial charge in [0, 0.05) is 5.69 Å². The van der Waals surface area contributed by atoms with E-state index in [1.807, 2.05) is 38.1 Å². The third kappa shape index (κ3) is 3.75. The van der Waals surface area contributed by atoms with Crippen molar-refractivity contribution in [3.05, 3.63) is 29.8 Å². The standard InChI is InChI=1S/C13H19NO3/c1-9-4-6-12(7-5-9)14(8-13(16)17)10(2)11(3)15/h4-7,10-11,15H,8H2,1-3H3,(H,16,17). The summed E-state index contributed by atoms with van der Waals surface area (Å²) in [7, 11) is 0. The largest absolute Gasteiger partial charge is 0.480 e. The lowest BCUT2D eigenvalue weighted by Gasteiger charge is -2.31. The van der Waals surface area contributed by atoms with Gasteiger partial charge in [0.25, 0.3) is 0 Å². The minimum atomic E-state index is -0.905. The van der Waals surface area contributed by atoms with Crippen molar-refractivity contribution >= 4 is 11.7 Å². The van der Waals surface area contributed by atoms with E-state index in [2.05, 4.69) is 0 Å². The quantitative estimate of drug-likeness (QED) is 0.817. The second-order valence-electron chi connectivity index (χ2n) is 4.34. The van der Waals surface area contributed by atoms with E-state index < -0.39 is 12.1 Å². The van der Waals surface area contributed by atoms with Crippen LogP contribution in [0.15, 0.2) is 24.3 Å². The number of aliphatic hydroxyl groups excluding tert-OH is 1. The highest BCUT2D eigenvalue weighted by atomic mass is 16.4. The minimum Gasteiger partial charge on any atom is -0.480 e. The van der Waals surface area contributed by atoms with Gasteiger partial charge in [-0.15, -0.1) is 0 Å². The average Bonchev–Trinajstić information content (AvgIpc) is 2.26. The molecule has 0 heterocycles. The number of hydrogen-bond acceptors (Lipinski definition) is 3. The van der Waals surface area contributed by atoms with Crippen molar-refractivity contribution < 1.29 is 15.0 Å². The number of aliphatic carboxylic acids is 1. The number of aliphatic hydroxyl groups is 1. The maximum absolute atomic E-state index is 10.9. The Balaban J connectivity index is 2.97. The van der Waals surface area contributed by atoms with E-state index >= 15 is 0 Å². The Kier molecular flexibility index (Phi) is 4.52. The molecule has 4 nitrogen and oxygen atoms in total. The maximum atomic E-state index is 10.9. The van der Waals surface area contributed by atoms with Crippen molar-refractivity contribution in [1.82, 2.24) is 0 Å². The molecular formula is C13H19NO3. The lowest BCUT2D eigenvalue weighted by Crippen LogP contribution is -2.43. The maximum Gasteiger partial charge on any atom is 0.323 e. The van der Waals surface area contributed by atoms with Crippen LogP contribution in [0.4, 0.5) is 5.69 Å². The van der Waals surface area contributed by atoms with Gasteiger partial charge in [-0.3, -0.25) is 4.79 Å². The molecule has 0 aliphatic heterocycles. The first-order chi connectivity index (χ1) is 7.91. The van der Waals surface area contributed by atoms with Crippen LogP contribution in [0.5, 0.6) is 0 Å². The first-order valence-corrected chi connectivity index (χ1v) is 5.65. The van der Waals surface area contributed by atoms with Crippen molar-refractivity contribution in [2.24, 2.45) is 0 Å². The average molecular weight is 237 g/mol. The summed E-state index contributed by atoms with van der Waals surface area (Å²) >= 11 is 0. The van der Waals surface area contributed by atoms with Gasteiger partial charge in [0.15, 0.2) is 0 Å². The van der Waals surface area contributed by atoms with Crippen LogP contribution < -0.4 is 4.90 Å². The predicted molar refractivity (Wildman–Crippen MR) is 67.3 cm³/mol. The van der Waals surface area contributed by atoms with Crippen LogP contribution in [0.3, 0.4) is 0 Å². The van der Waals surface area contributed by atoms with Gasteiger partial charge in [-0.25, -0.2) is 0 Å². The molecule has 2 atom stereocenters. The van der Waals surface area contributed by atoms with Crippen molar-refractivity contribution in [3.8, 4) is 0 Å². The summed E-state index contributed by atoms with van der Waals surface area (Å²) in [6.07, 6.45) is -0.587. The molecule has 0 radical (unpaired) electrons. The molecule has 4 heteroatoms. The van der Waals surface area contributed by atoms with Gasteiger partial charge in [0.2, 0.25) is 0 Å². The fourth-order valence-electron chi connectivity index (χ4n) is 1.61. The molecule has 0 saturated carbocycles. The molecule has 2 N–H and O–H groups in total. The van der Waals surface area contributed by atoms with Crippen LogP contribution in [0.1, 0.15) is 19.4 Å². The summed E-state index contributed by atoms with van der Waals surface area (Å²) in [4.78, 5) is 12.5. The summed E-state index contributed by atoms with van der Waals surface area (Å²) in [6.45, 7) is 5.33. The van der Waals surface area contributed by atoms with Gasteiger partial charge in [0.05, 0.1) is 12.1 Å². The fraction of sp³-hybridized carbons (Fsp3) is 0.462. The Bertz CT molecular complexity index is 373. The van der Waals surface area contributed by atoms with E-state index in [4.69, 9.17) is 5.11 Å². The molecule has 1 aromatic carbocycles. The number of carboxylic acid groups (broad SMARTS) is 1. The molecule has 0 amide bonds. The molecule has 0 aromatic heterocycles. The number of aryl methyl sites for hydroxylation is 1. The smallest absolute Gasteiger partial charge is 0.323 e. The van der Waals surface area contributed by atoms with E-state index in [9.17, 15) is 9.90 Å². The summed E-state index contributed by atoms with van der Waals surface area (Å²) in [6, 6.07) is 7.36. The molecule has 94 valence electrons. The number of hydrogen-bond donors (Lipinski definition) is 2. The molecule has 2 unspecified atom stereocenters. The highest BCUT2D eigenvalue weighted by molar-refractivity contribution is 5.74. The minimum absolute atomic E-state index is 0.116. The third-order valence-electron chi connectivity index (χ3n) is 2.86. The van der Waals surface area contributed by atoms with Gasteiger partial charge in [0.1, 0.15) is 6.54 Å². The molecule has 1 aromatic rings. The molecule has 1 rings (SSSR count).